The Hall–Kier alpha value is -1.89. The molecule has 0 spiro atoms. The lowest BCUT2D eigenvalue weighted by Crippen LogP contribution is -2.40. The van der Waals surface area contributed by atoms with Crippen LogP contribution in [-0.4, -0.2) is 36.9 Å². The SMILES string of the molecule is CC(C)(CCOc1cccc(Br)c1)C(=O)CC(=O)N[C@H]1CCOC1=O. The standard InChI is InChI=1S/C18H22BrNO5/c1-18(2,7-9-24-13-5-3-4-12(19)10-13)15(21)11-16(22)20-14-6-8-25-17(14)23/h3-5,10,14H,6-9,11H2,1-2H3,(H,20,22)/t14-/m0/s1. The highest BCUT2D eigenvalue weighted by Gasteiger charge is 2.32. The summed E-state index contributed by atoms with van der Waals surface area (Å²) in [6.07, 6.45) is 0.674. The Balaban J connectivity index is 1.78. The van der Waals surface area contributed by atoms with Crippen LogP contribution in [0.2, 0.25) is 0 Å². The van der Waals surface area contributed by atoms with Crippen molar-refractivity contribution in [3.63, 3.8) is 0 Å². The fourth-order valence-corrected chi connectivity index (χ4v) is 2.76. The van der Waals surface area contributed by atoms with E-state index in [1.165, 1.54) is 0 Å². The number of ketones is 1. The average molecular weight is 412 g/mol. The van der Waals surface area contributed by atoms with Crippen molar-refractivity contribution in [2.75, 3.05) is 13.2 Å². The van der Waals surface area contributed by atoms with E-state index in [9.17, 15) is 14.4 Å². The summed E-state index contributed by atoms with van der Waals surface area (Å²) >= 11 is 3.37. The second-order valence-electron chi connectivity index (χ2n) is 6.62. The van der Waals surface area contributed by atoms with Crippen LogP contribution in [-0.2, 0) is 19.1 Å². The van der Waals surface area contributed by atoms with Crippen molar-refractivity contribution in [2.45, 2.75) is 39.2 Å². The number of amides is 1. The fraction of sp³-hybridized carbons (Fsp3) is 0.500. The van der Waals surface area contributed by atoms with E-state index in [4.69, 9.17) is 9.47 Å². The Labute approximate surface area is 155 Å². The number of benzene rings is 1. The van der Waals surface area contributed by atoms with Gasteiger partial charge in [-0.3, -0.25) is 9.59 Å². The number of rotatable bonds is 8. The van der Waals surface area contributed by atoms with Gasteiger partial charge in [0.25, 0.3) is 0 Å². The third-order valence-electron chi connectivity index (χ3n) is 4.14. The van der Waals surface area contributed by atoms with E-state index in [2.05, 4.69) is 21.2 Å². The van der Waals surface area contributed by atoms with Crippen LogP contribution < -0.4 is 10.1 Å². The minimum atomic E-state index is -0.695. The smallest absolute Gasteiger partial charge is 0.328 e. The summed E-state index contributed by atoms with van der Waals surface area (Å²) in [6.45, 7) is 4.25. The van der Waals surface area contributed by atoms with Crippen LogP contribution in [0.4, 0.5) is 0 Å². The van der Waals surface area contributed by atoms with Crippen molar-refractivity contribution in [2.24, 2.45) is 5.41 Å². The lowest BCUT2D eigenvalue weighted by atomic mass is 9.83. The van der Waals surface area contributed by atoms with Gasteiger partial charge >= 0.3 is 5.97 Å². The first-order valence-corrected chi connectivity index (χ1v) is 8.95. The van der Waals surface area contributed by atoms with Crippen LogP contribution in [0, 0.1) is 5.41 Å². The largest absolute Gasteiger partial charge is 0.494 e. The Kier molecular flexibility index (Phi) is 6.58. The van der Waals surface area contributed by atoms with Gasteiger partial charge in [-0.25, -0.2) is 4.79 Å². The zero-order chi connectivity index (χ0) is 18.4. The lowest BCUT2D eigenvalue weighted by molar-refractivity contribution is -0.142. The van der Waals surface area contributed by atoms with E-state index in [1.807, 2.05) is 24.3 Å². The molecule has 1 aromatic rings. The van der Waals surface area contributed by atoms with E-state index < -0.39 is 23.3 Å². The monoisotopic (exact) mass is 411 g/mol. The van der Waals surface area contributed by atoms with Gasteiger partial charge in [-0.15, -0.1) is 0 Å². The van der Waals surface area contributed by atoms with Gasteiger partial charge in [-0.1, -0.05) is 35.8 Å². The van der Waals surface area contributed by atoms with Gasteiger partial charge in [0.05, 0.1) is 19.6 Å². The van der Waals surface area contributed by atoms with Crippen molar-refractivity contribution < 1.29 is 23.9 Å². The molecule has 1 heterocycles. The van der Waals surface area contributed by atoms with Gasteiger partial charge in [0, 0.05) is 16.3 Å². The summed E-state index contributed by atoms with van der Waals surface area (Å²) in [5.41, 5.74) is -0.695. The summed E-state index contributed by atoms with van der Waals surface area (Å²) in [5, 5.41) is 2.55. The van der Waals surface area contributed by atoms with E-state index in [0.717, 1.165) is 10.2 Å². The number of esters is 1. The van der Waals surface area contributed by atoms with E-state index in [0.29, 0.717) is 26.1 Å². The molecule has 6 nitrogen and oxygen atoms in total. The highest BCUT2D eigenvalue weighted by atomic mass is 79.9. The first-order valence-electron chi connectivity index (χ1n) is 8.15. The molecule has 7 heteroatoms. The Morgan fingerprint density at radius 2 is 2.16 bits per heavy atom. The summed E-state index contributed by atoms with van der Waals surface area (Å²) in [4.78, 5) is 35.7. The molecule has 2 rings (SSSR count). The van der Waals surface area contributed by atoms with Crippen molar-refractivity contribution in [1.29, 1.82) is 0 Å². The topological polar surface area (TPSA) is 81.7 Å². The average Bonchev–Trinajstić information content (AvgIpc) is 2.92. The first kappa shape index (κ1) is 19.4. The Morgan fingerprint density at radius 3 is 2.80 bits per heavy atom. The third-order valence-corrected chi connectivity index (χ3v) is 4.63. The molecule has 1 N–H and O–H groups in total. The molecular weight excluding hydrogens is 390 g/mol. The normalized spacial score (nSPS) is 17.1. The molecule has 0 saturated carbocycles. The quantitative estimate of drug-likeness (QED) is 0.525. The highest BCUT2D eigenvalue weighted by molar-refractivity contribution is 9.10. The number of ether oxygens (including phenoxy) is 2. The van der Waals surface area contributed by atoms with Gasteiger partial charge in [-0.05, 0) is 24.6 Å². The Bertz CT molecular complexity index is 659. The molecule has 1 aromatic carbocycles. The molecule has 0 aromatic heterocycles. The first-order chi connectivity index (χ1) is 11.8. The van der Waals surface area contributed by atoms with Crippen molar-refractivity contribution in [3.8, 4) is 5.75 Å². The number of carbonyl (C=O) groups excluding carboxylic acids is 3. The minimum Gasteiger partial charge on any atom is -0.494 e. The predicted octanol–water partition coefficient (Wildman–Crippen LogP) is 2.64. The van der Waals surface area contributed by atoms with Crippen molar-refractivity contribution in [1.82, 2.24) is 5.32 Å². The van der Waals surface area contributed by atoms with Crippen molar-refractivity contribution >= 4 is 33.6 Å². The molecule has 0 bridgehead atoms. The molecule has 1 aliphatic heterocycles. The van der Waals surface area contributed by atoms with Crippen LogP contribution >= 0.6 is 15.9 Å². The summed E-state index contributed by atoms with van der Waals surface area (Å²) in [5.74, 6) is -0.360. The van der Waals surface area contributed by atoms with E-state index in [-0.39, 0.29) is 12.2 Å². The fourth-order valence-electron chi connectivity index (χ4n) is 2.38. The summed E-state index contributed by atoms with van der Waals surface area (Å²) in [7, 11) is 0. The zero-order valence-corrected chi connectivity index (χ0v) is 15.9. The van der Waals surface area contributed by atoms with E-state index in [1.54, 1.807) is 13.8 Å². The lowest BCUT2D eigenvalue weighted by Gasteiger charge is -2.23. The molecule has 25 heavy (non-hydrogen) atoms. The number of cyclic esters (lactones) is 1. The van der Waals surface area contributed by atoms with Gasteiger partial charge in [-0.2, -0.15) is 0 Å². The molecule has 1 fully saturated rings. The number of Topliss-reactive ketones (excluding diaryl/α,β-unsaturated/α-hetero) is 1. The molecular formula is C18H22BrNO5. The molecule has 1 aliphatic rings. The number of nitrogens with one attached hydrogen (secondary N) is 1. The van der Waals surface area contributed by atoms with Crippen LogP contribution in [0.3, 0.4) is 0 Å². The molecule has 0 unspecified atom stereocenters. The van der Waals surface area contributed by atoms with Gasteiger partial charge in [0.1, 0.15) is 17.6 Å². The number of hydrogen-bond donors (Lipinski definition) is 1. The van der Waals surface area contributed by atoms with Gasteiger partial charge in [0.2, 0.25) is 5.91 Å². The second-order valence-corrected chi connectivity index (χ2v) is 7.53. The maximum Gasteiger partial charge on any atom is 0.328 e. The van der Waals surface area contributed by atoms with Crippen LogP contribution in [0.25, 0.3) is 0 Å². The maximum atomic E-state index is 12.4. The minimum absolute atomic E-state index is 0.186. The molecule has 1 amide bonds. The van der Waals surface area contributed by atoms with Crippen LogP contribution in [0.5, 0.6) is 5.75 Å². The van der Waals surface area contributed by atoms with Crippen LogP contribution in [0.1, 0.15) is 33.1 Å². The number of carbonyl (C=O) groups is 3. The maximum absolute atomic E-state index is 12.4. The third kappa shape index (κ3) is 5.85. The van der Waals surface area contributed by atoms with Gasteiger partial charge < -0.3 is 14.8 Å². The predicted molar refractivity (Wildman–Crippen MR) is 95.2 cm³/mol. The molecule has 1 saturated heterocycles. The molecule has 0 aliphatic carbocycles. The zero-order valence-electron chi connectivity index (χ0n) is 14.3. The number of halogens is 1. The number of hydrogen-bond acceptors (Lipinski definition) is 5. The summed E-state index contributed by atoms with van der Waals surface area (Å²) in [6, 6.07) is 6.83. The molecule has 1 atom stereocenters. The summed E-state index contributed by atoms with van der Waals surface area (Å²) < 4.78 is 11.4. The second kappa shape index (κ2) is 8.47. The van der Waals surface area contributed by atoms with Gasteiger partial charge in [0.15, 0.2) is 0 Å². The molecule has 0 radical (unpaired) electrons. The highest BCUT2D eigenvalue weighted by Crippen LogP contribution is 2.25. The Morgan fingerprint density at radius 1 is 1.40 bits per heavy atom. The molecule has 136 valence electrons. The van der Waals surface area contributed by atoms with E-state index >= 15 is 0 Å². The van der Waals surface area contributed by atoms with Crippen LogP contribution in [0.15, 0.2) is 28.7 Å². The van der Waals surface area contributed by atoms with Crippen molar-refractivity contribution in [3.05, 3.63) is 28.7 Å².